The van der Waals surface area contributed by atoms with E-state index in [0.717, 1.165) is 29.0 Å². The minimum Gasteiger partial charge on any atom is -0.494 e. The molecule has 6 nitrogen and oxygen atoms in total. The molecule has 0 unspecified atom stereocenters. The van der Waals surface area contributed by atoms with Crippen LogP contribution in [0.5, 0.6) is 5.75 Å². The van der Waals surface area contributed by atoms with Gasteiger partial charge in [0.1, 0.15) is 16.4 Å². The van der Waals surface area contributed by atoms with E-state index in [4.69, 9.17) is 4.74 Å². The summed E-state index contributed by atoms with van der Waals surface area (Å²) in [5.41, 5.74) is 1.84. The van der Waals surface area contributed by atoms with Crippen LogP contribution in [-0.2, 0) is 19.5 Å². The third-order valence-electron chi connectivity index (χ3n) is 6.28. The number of benzene rings is 2. The molecule has 0 fully saturated rings. The molecule has 3 heterocycles. The topological polar surface area (TPSA) is 64.4 Å². The number of carbonyl (C=O) groups is 1. The molecule has 0 spiro atoms. The van der Waals surface area contributed by atoms with Crippen molar-refractivity contribution in [2.75, 3.05) is 13.2 Å². The molecule has 35 heavy (non-hydrogen) atoms. The molecule has 5 rings (SSSR count). The summed E-state index contributed by atoms with van der Waals surface area (Å²) in [6.07, 6.45) is 4.13. The Morgan fingerprint density at radius 1 is 1.17 bits per heavy atom. The molecular weight excluding hydrogens is 465 g/mol. The third kappa shape index (κ3) is 4.71. The van der Waals surface area contributed by atoms with Crippen molar-refractivity contribution < 1.29 is 13.9 Å². The van der Waals surface area contributed by atoms with Crippen molar-refractivity contribution >= 4 is 27.5 Å². The van der Waals surface area contributed by atoms with Crippen LogP contribution in [0.4, 0.5) is 4.39 Å². The second-order valence-corrected chi connectivity index (χ2v) is 9.74. The molecule has 1 aliphatic heterocycles. The molecule has 2 aromatic heterocycles. The van der Waals surface area contributed by atoms with Crippen LogP contribution in [-0.4, -0.2) is 33.5 Å². The van der Waals surface area contributed by atoms with Crippen molar-refractivity contribution in [3.8, 4) is 5.75 Å². The molecule has 0 radical (unpaired) electrons. The van der Waals surface area contributed by atoms with Crippen LogP contribution in [0, 0.1) is 5.82 Å². The lowest BCUT2D eigenvalue weighted by molar-refractivity contribution is 0.0737. The number of hydrogen-bond acceptors (Lipinski definition) is 5. The van der Waals surface area contributed by atoms with Crippen molar-refractivity contribution in [1.82, 2.24) is 14.5 Å². The number of unbranched alkanes of at least 4 members (excludes halogenated alkanes) is 1. The third-order valence-corrected chi connectivity index (χ3v) is 7.41. The van der Waals surface area contributed by atoms with E-state index >= 15 is 0 Å². The number of ether oxygens (including phenoxy) is 1. The smallest absolute Gasteiger partial charge is 0.262 e. The van der Waals surface area contributed by atoms with E-state index in [1.807, 2.05) is 17.0 Å². The van der Waals surface area contributed by atoms with Gasteiger partial charge in [0.15, 0.2) is 0 Å². The number of rotatable bonds is 7. The number of aromatic nitrogens is 2. The predicted octanol–water partition coefficient (Wildman–Crippen LogP) is 5.02. The van der Waals surface area contributed by atoms with Gasteiger partial charge in [-0.2, -0.15) is 0 Å². The van der Waals surface area contributed by atoms with Crippen molar-refractivity contribution in [3.63, 3.8) is 0 Å². The Kier molecular flexibility index (Phi) is 6.63. The van der Waals surface area contributed by atoms with E-state index in [9.17, 15) is 14.0 Å². The van der Waals surface area contributed by atoms with Crippen LogP contribution in [0.2, 0.25) is 0 Å². The summed E-state index contributed by atoms with van der Waals surface area (Å²) in [4.78, 5) is 34.3. The van der Waals surface area contributed by atoms with Crippen molar-refractivity contribution in [2.24, 2.45) is 0 Å². The molecule has 180 valence electrons. The number of carbonyl (C=O) groups excluding carboxylic acids is 1. The number of thiophene rings is 1. The van der Waals surface area contributed by atoms with Crippen LogP contribution in [0.3, 0.4) is 0 Å². The van der Waals surface area contributed by atoms with Crippen molar-refractivity contribution in [2.45, 2.75) is 39.3 Å². The SMILES string of the molecule is CCCCOc1ccc(C(=O)N2CCc3c(sc4ncn(Cc5ccccc5F)c(=O)c34)C2)cc1. The fraction of sp³-hybridized carbons (Fsp3) is 0.296. The van der Waals surface area contributed by atoms with Gasteiger partial charge in [-0.05, 0) is 48.7 Å². The van der Waals surface area contributed by atoms with Crippen LogP contribution >= 0.6 is 11.3 Å². The number of fused-ring (bicyclic) bond motifs is 3. The zero-order valence-corrected chi connectivity index (χ0v) is 20.3. The molecule has 1 aliphatic rings. The van der Waals surface area contributed by atoms with Gasteiger partial charge in [0.2, 0.25) is 0 Å². The van der Waals surface area contributed by atoms with Crippen molar-refractivity contribution in [1.29, 1.82) is 0 Å². The van der Waals surface area contributed by atoms with E-state index < -0.39 is 0 Å². The maximum atomic E-state index is 14.1. The average molecular weight is 492 g/mol. The van der Waals surface area contributed by atoms with Gasteiger partial charge >= 0.3 is 0 Å². The summed E-state index contributed by atoms with van der Waals surface area (Å²) in [6.45, 7) is 3.87. The summed E-state index contributed by atoms with van der Waals surface area (Å²) < 4.78 is 21.2. The number of halogens is 1. The van der Waals surface area contributed by atoms with Crippen LogP contribution in [0.1, 0.15) is 46.1 Å². The van der Waals surface area contributed by atoms with Gasteiger partial charge in [-0.25, -0.2) is 9.37 Å². The Bertz CT molecular complexity index is 1430. The first-order valence-electron chi connectivity index (χ1n) is 11.8. The minimum atomic E-state index is -0.346. The molecule has 2 aromatic carbocycles. The fourth-order valence-electron chi connectivity index (χ4n) is 4.33. The average Bonchev–Trinajstić information content (AvgIpc) is 3.25. The van der Waals surface area contributed by atoms with Gasteiger partial charge in [0.25, 0.3) is 11.5 Å². The Hall–Kier alpha value is -3.52. The number of amides is 1. The lowest BCUT2D eigenvalue weighted by atomic mass is 10.0. The van der Waals surface area contributed by atoms with E-state index in [2.05, 4.69) is 11.9 Å². The molecule has 0 atom stereocenters. The molecule has 8 heteroatoms. The second kappa shape index (κ2) is 10.00. The lowest BCUT2D eigenvalue weighted by Gasteiger charge is -2.27. The zero-order valence-electron chi connectivity index (χ0n) is 19.5. The minimum absolute atomic E-state index is 0.0434. The number of hydrogen-bond donors (Lipinski definition) is 0. The highest BCUT2D eigenvalue weighted by Crippen LogP contribution is 2.33. The quantitative estimate of drug-likeness (QED) is 0.341. The first-order valence-corrected chi connectivity index (χ1v) is 12.6. The molecular formula is C27H26FN3O3S. The Balaban J connectivity index is 1.35. The molecule has 0 saturated carbocycles. The molecule has 0 N–H and O–H groups in total. The van der Waals surface area contributed by atoms with Gasteiger partial charge in [0.05, 0.1) is 31.4 Å². The Morgan fingerprint density at radius 3 is 2.74 bits per heavy atom. The molecule has 0 aliphatic carbocycles. The Labute approximate surface area is 206 Å². The van der Waals surface area contributed by atoms with Crippen LogP contribution < -0.4 is 10.3 Å². The van der Waals surface area contributed by atoms with Gasteiger partial charge in [-0.3, -0.25) is 14.2 Å². The van der Waals surface area contributed by atoms with E-state index in [0.29, 0.717) is 47.5 Å². The van der Waals surface area contributed by atoms with Crippen molar-refractivity contribution in [3.05, 3.63) is 92.6 Å². The monoisotopic (exact) mass is 491 g/mol. The second-order valence-electron chi connectivity index (χ2n) is 8.66. The predicted molar refractivity (Wildman–Crippen MR) is 135 cm³/mol. The summed E-state index contributed by atoms with van der Waals surface area (Å²) >= 11 is 1.45. The van der Waals surface area contributed by atoms with Gasteiger partial charge in [0, 0.05) is 22.5 Å². The fourth-order valence-corrected chi connectivity index (χ4v) is 5.52. The molecule has 1 amide bonds. The van der Waals surface area contributed by atoms with E-state index in [-0.39, 0.29) is 23.8 Å². The summed E-state index contributed by atoms with van der Waals surface area (Å²) in [5.74, 6) is 0.373. The largest absolute Gasteiger partial charge is 0.494 e. The highest BCUT2D eigenvalue weighted by atomic mass is 32.1. The summed E-state index contributed by atoms with van der Waals surface area (Å²) in [5, 5.41) is 0.588. The Morgan fingerprint density at radius 2 is 1.97 bits per heavy atom. The molecule has 4 aromatic rings. The normalized spacial score (nSPS) is 13.1. The van der Waals surface area contributed by atoms with Crippen LogP contribution in [0.25, 0.3) is 10.2 Å². The maximum absolute atomic E-state index is 14.1. The summed E-state index contributed by atoms with van der Waals surface area (Å²) in [6, 6.07) is 13.7. The summed E-state index contributed by atoms with van der Waals surface area (Å²) in [7, 11) is 0. The van der Waals surface area contributed by atoms with Gasteiger partial charge in [-0.1, -0.05) is 31.5 Å². The lowest BCUT2D eigenvalue weighted by Crippen LogP contribution is -2.35. The number of nitrogens with zero attached hydrogens (tertiary/aromatic N) is 3. The zero-order chi connectivity index (χ0) is 24.4. The standard InChI is InChI=1S/C27H26FN3O3S/c1-2-3-14-34-20-10-8-18(9-11-20)26(32)30-13-12-21-23(16-30)35-25-24(21)27(33)31(17-29-25)15-19-6-4-5-7-22(19)28/h4-11,17H,2-3,12-16H2,1H3. The molecule has 0 bridgehead atoms. The first kappa shape index (κ1) is 23.2. The van der Waals surface area contributed by atoms with E-state index in [1.165, 1.54) is 28.3 Å². The molecule has 0 saturated heterocycles. The van der Waals surface area contributed by atoms with Gasteiger partial charge in [-0.15, -0.1) is 11.3 Å². The highest BCUT2D eigenvalue weighted by Gasteiger charge is 2.27. The van der Waals surface area contributed by atoms with Gasteiger partial charge < -0.3 is 9.64 Å². The highest BCUT2D eigenvalue weighted by molar-refractivity contribution is 7.18. The maximum Gasteiger partial charge on any atom is 0.262 e. The van der Waals surface area contributed by atoms with E-state index in [1.54, 1.807) is 30.3 Å². The van der Waals surface area contributed by atoms with Crippen LogP contribution in [0.15, 0.2) is 59.7 Å². The first-order chi connectivity index (χ1) is 17.0.